The summed E-state index contributed by atoms with van der Waals surface area (Å²) in [5, 5.41) is 2.98. The molecule has 3 rings (SSSR count). The molecule has 3 aromatic carbocycles. The van der Waals surface area contributed by atoms with Gasteiger partial charge in [-0.1, -0.05) is 84.4 Å². The Labute approximate surface area is 234 Å². The minimum absolute atomic E-state index is 0.0538. The molecule has 0 aliphatic rings. The molecule has 0 saturated carbocycles. The van der Waals surface area contributed by atoms with E-state index in [-0.39, 0.29) is 23.4 Å². The lowest BCUT2D eigenvalue weighted by molar-refractivity contribution is -0.140. The Bertz CT molecular complexity index is 1320. The molecule has 0 fully saturated rings. The standard InChI is InChI=1S/C29H34BrN3O4S/c1-4-22(3)31-29(35)27(5-2)32(20-23-13-8-6-9-14-23)28(34)21-33(25-16-12-15-24(30)19-25)38(36,37)26-17-10-7-11-18-26/h6-19,22,27H,4-5,20-21H2,1-3H3,(H,31,35)/t22-,27-/m1/s1. The zero-order chi connectivity index (χ0) is 27.7. The van der Waals surface area contributed by atoms with Crippen LogP contribution in [0, 0.1) is 0 Å². The third-order valence-electron chi connectivity index (χ3n) is 6.29. The summed E-state index contributed by atoms with van der Waals surface area (Å²) < 4.78 is 29.3. The number of hydrogen-bond acceptors (Lipinski definition) is 4. The van der Waals surface area contributed by atoms with Crippen molar-refractivity contribution in [2.45, 2.75) is 57.1 Å². The van der Waals surface area contributed by atoms with E-state index in [1.54, 1.807) is 42.5 Å². The third-order valence-corrected chi connectivity index (χ3v) is 8.57. The molecule has 3 aromatic rings. The van der Waals surface area contributed by atoms with Gasteiger partial charge in [-0.05, 0) is 55.7 Å². The lowest BCUT2D eigenvalue weighted by Gasteiger charge is -2.33. The van der Waals surface area contributed by atoms with Gasteiger partial charge in [0.15, 0.2) is 0 Å². The molecule has 0 heterocycles. The lowest BCUT2D eigenvalue weighted by atomic mass is 10.1. The number of benzene rings is 3. The van der Waals surface area contributed by atoms with Gasteiger partial charge < -0.3 is 10.2 Å². The molecule has 9 heteroatoms. The summed E-state index contributed by atoms with van der Waals surface area (Å²) in [4.78, 5) is 28.8. The largest absolute Gasteiger partial charge is 0.352 e. The van der Waals surface area contributed by atoms with E-state index in [1.807, 2.05) is 51.1 Å². The summed E-state index contributed by atoms with van der Waals surface area (Å²) in [5.41, 5.74) is 1.18. The zero-order valence-corrected chi connectivity index (χ0v) is 24.3. The van der Waals surface area contributed by atoms with E-state index in [0.717, 1.165) is 16.3 Å². The van der Waals surface area contributed by atoms with Gasteiger partial charge in [-0.15, -0.1) is 0 Å². The molecule has 38 heavy (non-hydrogen) atoms. The van der Waals surface area contributed by atoms with E-state index in [9.17, 15) is 18.0 Å². The minimum atomic E-state index is -4.08. The van der Waals surface area contributed by atoms with Gasteiger partial charge in [0.25, 0.3) is 10.0 Å². The molecule has 7 nitrogen and oxygen atoms in total. The van der Waals surface area contributed by atoms with Crippen molar-refractivity contribution in [2.24, 2.45) is 0 Å². The SMILES string of the molecule is CC[C@@H](C)NC(=O)[C@@H](CC)N(Cc1ccccc1)C(=O)CN(c1cccc(Br)c1)S(=O)(=O)c1ccccc1. The van der Waals surface area contributed by atoms with Crippen LogP contribution in [0.4, 0.5) is 5.69 Å². The number of halogens is 1. The van der Waals surface area contributed by atoms with Crippen LogP contribution in [-0.2, 0) is 26.2 Å². The normalized spacial score (nSPS) is 12.8. The predicted octanol–water partition coefficient (Wildman–Crippen LogP) is 5.37. The predicted molar refractivity (Wildman–Crippen MR) is 154 cm³/mol. The van der Waals surface area contributed by atoms with Gasteiger partial charge in [0.05, 0.1) is 10.6 Å². The molecule has 0 unspecified atom stereocenters. The van der Waals surface area contributed by atoms with Crippen LogP contribution in [0.1, 0.15) is 39.2 Å². The van der Waals surface area contributed by atoms with E-state index in [2.05, 4.69) is 21.2 Å². The number of amides is 2. The van der Waals surface area contributed by atoms with Crippen LogP contribution in [0.25, 0.3) is 0 Å². The smallest absolute Gasteiger partial charge is 0.264 e. The molecule has 0 radical (unpaired) electrons. The number of anilines is 1. The van der Waals surface area contributed by atoms with Crippen molar-refractivity contribution in [1.29, 1.82) is 0 Å². The highest BCUT2D eigenvalue weighted by Crippen LogP contribution is 2.27. The van der Waals surface area contributed by atoms with E-state index < -0.39 is 28.5 Å². The summed E-state index contributed by atoms with van der Waals surface area (Å²) in [5.74, 6) is -0.731. The van der Waals surface area contributed by atoms with Gasteiger partial charge >= 0.3 is 0 Å². The fourth-order valence-corrected chi connectivity index (χ4v) is 5.83. The van der Waals surface area contributed by atoms with E-state index >= 15 is 0 Å². The molecule has 0 bridgehead atoms. The van der Waals surface area contributed by atoms with Crippen molar-refractivity contribution < 1.29 is 18.0 Å². The molecule has 2 atom stereocenters. The first kappa shape index (κ1) is 29.4. The number of hydrogen-bond donors (Lipinski definition) is 1. The summed E-state index contributed by atoms with van der Waals surface area (Å²) in [7, 11) is -4.08. The molecule has 1 N–H and O–H groups in total. The number of sulfonamides is 1. The highest BCUT2D eigenvalue weighted by molar-refractivity contribution is 9.10. The minimum Gasteiger partial charge on any atom is -0.352 e. The first-order valence-electron chi connectivity index (χ1n) is 12.6. The van der Waals surface area contributed by atoms with Gasteiger partial charge in [0.2, 0.25) is 11.8 Å². The van der Waals surface area contributed by atoms with Gasteiger partial charge in [-0.25, -0.2) is 8.42 Å². The Morgan fingerprint density at radius 1 is 0.895 bits per heavy atom. The summed E-state index contributed by atoms with van der Waals surface area (Å²) >= 11 is 3.41. The second-order valence-corrected chi connectivity index (χ2v) is 11.8. The number of carbonyl (C=O) groups is 2. The summed E-state index contributed by atoms with van der Waals surface area (Å²) in [6, 6.07) is 23.4. The topological polar surface area (TPSA) is 86.8 Å². The van der Waals surface area contributed by atoms with Gasteiger partial charge in [0, 0.05) is 17.1 Å². The Morgan fingerprint density at radius 3 is 2.11 bits per heavy atom. The third kappa shape index (κ3) is 7.45. The van der Waals surface area contributed by atoms with Crippen molar-refractivity contribution in [1.82, 2.24) is 10.2 Å². The molecule has 2 amide bonds. The molecule has 0 spiro atoms. The maximum absolute atomic E-state index is 14.0. The maximum atomic E-state index is 14.0. The monoisotopic (exact) mass is 599 g/mol. The van der Waals surface area contributed by atoms with Crippen LogP contribution in [0.15, 0.2) is 94.3 Å². The van der Waals surface area contributed by atoms with Crippen LogP contribution in [0.3, 0.4) is 0 Å². The number of nitrogens with one attached hydrogen (secondary N) is 1. The number of carbonyl (C=O) groups excluding carboxylic acids is 2. The second kappa shape index (κ2) is 13.6. The molecule has 0 aliphatic carbocycles. The van der Waals surface area contributed by atoms with Crippen LogP contribution >= 0.6 is 15.9 Å². The summed E-state index contributed by atoms with van der Waals surface area (Å²) in [6.45, 7) is 5.44. The van der Waals surface area contributed by atoms with Crippen LogP contribution < -0.4 is 9.62 Å². The first-order chi connectivity index (χ1) is 18.2. The average molecular weight is 601 g/mol. The van der Waals surface area contributed by atoms with Crippen molar-refractivity contribution in [3.63, 3.8) is 0 Å². The molecule has 0 aromatic heterocycles. The highest BCUT2D eigenvalue weighted by atomic mass is 79.9. The first-order valence-corrected chi connectivity index (χ1v) is 14.9. The van der Waals surface area contributed by atoms with Crippen molar-refractivity contribution in [3.05, 3.63) is 95.0 Å². The Balaban J connectivity index is 2.03. The average Bonchev–Trinajstić information content (AvgIpc) is 2.92. The second-order valence-electron chi connectivity index (χ2n) is 9.05. The van der Waals surface area contributed by atoms with Gasteiger partial charge in [-0.3, -0.25) is 13.9 Å². The summed E-state index contributed by atoms with van der Waals surface area (Å²) in [6.07, 6.45) is 1.13. The maximum Gasteiger partial charge on any atom is 0.264 e. The quantitative estimate of drug-likeness (QED) is 0.303. The van der Waals surface area contributed by atoms with Crippen molar-refractivity contribution >= 4 is 43.5 Å². The lowest BCUT2D eigenvalue weighted by Crippen LogP contribution is -2.53. The highest BCUT2D eigenvalue weighted by Gasteiger charge is 2.34. The Morgan fingerprint density at radius 2 is 1.53 bits per heavy atom. The molecule has 0 saturated heterocycles. The van der Waals surface area contributed by atoms with E-state index in [4.69, 9.17) is 0 Å². The molecular weight excluding hydrogens is 566 g/mol. The zero-order valence-electron chi connectivity index (χ0n) is 21.9. The van der Waals surface area contributed by atoms with Gasteiger partial charge in [-0.2, -0.15) is 0 Å². The van der Waals surface area contributed by atoms with Crippen molar-refractivity contribution in [3.8, 4) is 0 Å². The molecule has 202 valence electrons. The van der Waals surface area contributed by atoms with Crippen LogP contribution in [0.2, 0.25) is 0 Å². The Kier molecular flexibility index (Phi) is 10.5. The number of nitrogens with zero attached hydrogens (tertiary/aromatic N) is 2. The molecular formula is C29H34BrN3O4S. The van der Waals surface area contributed by atoms with Crippen LogP contribution in [0.5, 0.6) is 0 Å². The van der Waals surface area contributed by atoms with Crippen LogP contribution in [-0.4, -0.2) is 43.8 Å². The van der Waals surface area contributed by atoms with Gasteiger partial charge in [0.1, 0.15) is 12.6 Å². The molecule has 0 aliphatic heterocycles. The van der Waals surface area contributed by atoms with Crippen molar-refractivity contribution in [2.75, 3.05) is 10.8 Å². The van der Waals surface area contributed by atoms with E-state index in [0.29, 0.717) is 16.6 Å². The number of rotatable bonds is 12. The fourth-order valence-electron chi connectivity index (χ4n) is 4.02. The fraction of sp³-hybridized carbons (Fsp3) is 0.310. The van der Waals surface area contributed by atoms with E-state index in [1.165, 1.54) is 17.0 Å². The Hall–Kier alpha value is -3.17.